The standard InChI is InChI=1S/C15H17N3O3S/c1-9-11(10(2)21-18-9)7-15(20)17-12-5-3-4-6-13(12)22-8-14(16)19/h3-6H,7-8H2,1-2H3,(H2,16,19)(H,17,20). The Labute approximate surface area is 132 Å². The van der Waals surface area contributed by atoms with Crippen molar-refractivity contribution >= 4 is 29.3 Å². The average molecular weight is 319 g/mol. The Balaban J connectivity index is 2.07. The Morgan fingerprint density at radius 3 is 2.68 bits per heavy atom. The first-order valence-electron chi connectivity index (χ1n) is 6.69. The van der Waals surface area contributed by atoms with Crippen LogP contribution in [0.25, 0.3) is 0 Å². The molecule has 2 amide bonds. The zero-order chi connectivity index (χ0) is 16.1. The van der Waals surface area contributed by atoms with Gasteiger partial charge in [0, 0.05) is 10.5 Å². The molecule has 2 aromatic rings. The summed E-state index contributed by atoms with van der Waals surface area (Å²) in [5.74, 6) is 0.240. The number of anilines is 1. The fourth-order valence-corrected chi connectivity index (χ4v) is 2.70. The maximum absolute atomic E-state index is 12.2. The highest BCUT2D eigenvalue weighted by atomic mass is 32.2. The van der Waals surface area contributed by atoms with E-state index in [2.05, 4.69) is 10.5 Å². The second-order valence-electron chi connectivity index (χ2n) is 4.78. The van der Waals surface area contributed by atoms with Crippen molar-refractivity contribution in [3.63, 3.8) is 0 Å². The number of amides is 2. The number of para-hydroxylation sites is 1. The lowest BCUT2D eigenvalue weighted by atomic mass is 10.1. The highest BCUT2D eigenvalue weighted by Gasteiger charge is 2.14. The molecule has 0 aliphatic heterocycles. The summed E-state index contributed by atoms with van der Waals surface area (Å²) in [7, 11) is 0. The van der Waals surface area contributed by atoms with Gasteiger partial charge in [0.2, 0.25) is 11.8 Å². The Bertz CT molecular complexity index is 678. The molecule has 1 aromatic carbocycles. The third-order valence-electron chi connectivity index (χ3n) is 3.05. The molecule has 6 nitrogen and oxygen atoms in total. The van der Waals surface area contributed by atoms with Gasteiger partial charge in [-0.1, -0.05) is 17.3 Å². The lowest BCUT2D eigenvalue weighted by Crippen LogP contribution is -2.16. The number of rotatable bonds is 6. The Morgan fingerprint density at radius 2 is 2.05 bits per heavy atom. The van der Waals surface area contributed by atoms with Gasteiger partial charge in [0.05, 0.1) is 23.6 Å². The van der Waals surface area contributed by atoms with E-state index in [-0.39, 0.29) is 18.1 Å². The molecule has 0 radical (unpaired) electrons. The molecule has 0 bridgehead atoms. The molecule has 0 unspecified atom stereocenters. The topological polar surface area (TPSA) is 98.2 Å². The molecule has 1 aromatic heterocycles. The van der Waals surface area contributed by atoms with Crippen molar-refractivity contribution < 1.29 is 14.1 Å². The molecule has 116 valence electrons. The number of aromatic nitrogens is 1. The Hall–Kier alpha value is -2.28. The van der Waals surface area contributed by atoms with Gasteiger partial charge < -0.3 is 15.6 Å². The summed E-state index contributed by atoms with van der Waals surface area (Å²) in [6.07, 6.45) is 0.190. The van der Waals surface area contributed by atoms with E-state index in [0.29, 0.717) is 17.1 Å². The molecule has 0 aliphatic rings. The SMILES string of the molecule is Cc1noc(C)c1CC(=O)Nc1ccccc1SCC(N)=O. The number of nitrogens with zero attached hydrogens (tertiary/aromatic N) is 1. The molecule has 3 N–H and O–H groups in total. The maximum atomic E-state index is 12.2. The van der Waals surface area contributed by atoms with Gasteiger partial charge in [-0.25, -0.2) is 0 Å². The number of primary amides is 1. The second-order valence-corrected chi connectivity index (χ2v) is 5.80. The number of benzene rings is 1. The zero-order valence-corrected chi connectivity index (χ0v) is 13.2. The van der Waals surface area contributed by atoms with Crippen LogP contribution in [0.4, 0.5) is 5.69 Å². The summed E-state index contributed by atoms with van der Waals surface area (Å²) in [5, 5.41) is 6.68. The van der Waals surface area contributed by atoms with Crippen molar-refractivity contribution in [2.24, 2.45) is 5.73 Å². The van der Waals surface area contributed by atoms with Gasteiger partial charge in [0.15, 0.2) is 0 Å². The predicted molar refractivity (Wildman–Crippen MR) is 84.7 cm³/mol. The highest BCUT2D eigenvalue weighted by Crippen LogP contribution is 2.27. The largest absolute Gasteiger partial charge is 0.369 e. The summed E-state index contributed by atoms with van der Waals surface area (Å²) in [4.78, 5) is 23.9. The molecule has 2 rings (SSSR count). The van der Waals surface area contributed by atoms with Crippen molar-refractivity contribution in [3.8, 4) is 0 Å². The first kappa shape index (κ1) is 16.1. The molecule has 22 heavy (non-hydrogen) atoms. The molecule has 0 saturated heterocycles. The van der Waals surface area contributed by atoms with Gasteiger partial charge in [0.25, 0.3) is 0 Å². The van der Waals surface area contributed by atoms with Crippen LogP contribution in [0.1, 0.15) is 17.0 Å². The number of carbonyl (C=O) groups excluding carboxylic acids is 2. The molecule has 0 aliphatic carbocycles. The summed E-state index contributed by atoms with van der Waals surface area (Å²) in [6, 6.07) is 7.28. The summed E-state index contributed by atoms with van der Waals surface area (Å²) in [6.45, 7) is 3.58. The molecule has 7 heteroatoms. The second kappa shape index (κ2) is 7.13. The number of nitrogens with two attached hydrogens (primary N) is 1. The van der Waals surface area contributed by atoms with Crippen molar-refractivity contribution in [3.05, 3.63) is 41.3 Å². The normalized spacial score (nSPS) is 10.5. The quantitative estimate of drug-likeness (QED) is 0.794. The summed E-state index contributed by atoms with van der Waals surface area (Å²) in [5.41, 5.74) is 7.31. The van der Waals surface area contributed by atoms with Crippen molar-refractivity contribution in [1.82, 2.24) is 5.16 Å². The van der Waals surface area contributed by atoms with Crippen LogP contribution in [0, 0.1) is 13.8 Å². The molecular formula is C15H17N3O3S. The van der Waals surface area contributed by atoms with E-state index in [4.69, 9.17) is 10.3 Å². The van der Waals surface area contributed by atoms with E-state index < -0.39 is 5.91 Å². The van der Waals surface area contributed by atoms with E-state index >= 15 is 0 Å². The molecular weight excluding hydrogens is 302 g/mol. The molecule has 0 saturated carbocycles. The van der Waals surface area contributed by atoms with Crippen LogP contribution in [0.15, 0.2) is 33.7 Å². The van der Waals surface area contributed by atoms with Gasteiger partial charge in [-0.15, -0.1) is 11.8 Å². The number of thioether (sulfide) groups is 1. The predicted octanol–water partition coefficient (Wildman–Crippen LogP) is 2.05. The van der Waals surface area contributed by atoms with Crippen molar-refractivity contribution in [2.75, 3.05) is 11.1 Å². The van der Waals surface area contributed by atoms with E-state index in [1.807, 2.05) is 18.2 Å². The van der Waals surface area contributed by atoms with Gasteiger partial charge in [0.1, 0.15) is 5.76 Å². The van der Waals surface area contributed by atoms with E-state index in [1.165, 1.54) is 11.8 Å². The first-order chi connectivity index (χ1) is 10.5. The third kappa shape index (κ3) is 4.11. The minimum atomic E-state index is -0.401. The number of aryl methyl sites for hydroxylation is 2. The van der Waals surface area contributed by atoms with Crippen LogP contribution < -0.4 is 11.1 Å². The molecule has 1 heterocycles. The summed E-state index contributed by atoms with van der Waals surface area (Å²) >= 11 is 1.29. The number of hydrogen-bond acceptors (Lipinski definition) is 5. The zero-order valence-electron chi connectivity index (χ0n) is 12.4. The van der Waals surface area contributed by atoms with Gasteiger partial charge in [-0.3, -0.25) is 9.59 Å². The van der Waals surface area contributed by atoms with E-state index in [1.54, 1.807) is 19.9 Å². The average Bonchev–Trinajstić information content (AvgIpc) is 2.78. The van der Waals surface area contributed by atoms with Crippen LogP contribution in [0.2, 0.25) is 0 Å². The van der Waals surface area contributed by atoms with Crippen molar-refractivity contribution in [2.45, 2.75) is 25.2 Å². The lowest BCUT2D eigenvalue weighted by molar-refractivity contribution is -0.116. The molecule has 0 atom stereocenters. The fraction of sp³-hybridized carbons (Fsp3) is 0.267. The fourth-order valence-electron chi connectivity index (χ4n) is 1.95. The summed E-state index contributed by atoms with van der Waals surface area (Å²) < 4.78 is 5.05. The van der Waals surface area contributed by atoms with Crippen LogP contribution in [-0.2, 0) is 16.0 Å². The Morgan fingerprint density at radius 1 is 1.32 bits per heavy atom. The monoisotopic (exact) mass is 319 g/mol. The van der Waals surface area contributed by atoms with Crippen LogP contribution in [0.5, 0.6) is 0 Å². The lowest BCUT2D eigenvalue weighted by Gasteiger charge is -2.10. The van der Waals surface area contributed by atoms with Gasteiger partial charge in [-0.2, -0.15) is 0 Å². The molecule has 0 spiro atoms. The van der Waals surface area contributed by atoms with Crippen LogP contribution in [-0.4, -0.2) is 22.7 Å². The third-order valence-corrected chi connectivity index (χ3v) is 4.15. The molecule has 0 fully saturated rings. The number of carbonyl (C=O) groups is 2. The van der Waals surface area contributed by atoms with E-state index in [9.17, 15) is 9.59 Å². The number of nitrogens with one attached hydrogen (secondary N) is 1. The van der Waals surface area contributed by atoms with Crippen LogP contribution >= 0.6 is 11.8 Å². The smallest absolute Gasteiger partial charge is 0.229 e. The Kier molecular flexibility index (Phi) is 5.21. The van der Waals surface area contributed by atoms with Gasteiger partial charge >= 0.3 is 0 Å². The highest BCUT2D eigenvalue weighted by molar-refractivity contribution is 8.00. The minimum Gasteiger partial charge on any atom is -0.369 e. The first-order valence-corrected chi connectivity index (χ1v) is 7.67. The van der Waals surface area contributed by atoms with Gasteiger partial charge in [-0.05, 0) is 26.0 Å². The van der Waals surface area contributed by atoms with Crippen LogP contribution in [0.3, 0.4) is 0 Å². The van der Waals surface area contributed by atoms with Crippen molar-refractivity contribution in [1.29, 1.82) is 0 Å². The maximum Gasteiger partial charge on any atom is 0.229 e. The minimum absolute atomic E-state index is 0.163. The van der Waals surface area contributed by atoms with E-state index in [0.717, 1.165) is 10.5 Å². The number of hydrogen-bond donors (Lipinski definition) is 2.